The van der Waals surface area contributed by atoms with Crippen LogP contribution in [0.5, 0.6) is 0 Å². The molecule has 0 saturated heterocycles. The lowest BCUT2D eigenvalue weighted by Crippen LogP contribution is -2.15. The van der Waals surface area contributed by atoms with E-state index in [1.165, 1.54) is 0 Å². The summed E-state index contributed by atoms with van der Waals surface area (Å²) in [4.78, 5) is 25.6. The predicted octanol–water partition coefficient (Wildman–Crippen LogP) is 3.79. The number of carbonyl (C=O) groups excluding carboxylic acids is 1. The third kappa shape index (κ3) is 4.52. The topological polar surface area (TPSA) is 93.6 Å². The molecule has 0 aliphatic carbocycles. The summed E-state index contributed by atoms with van der Waals surface area (Å²) in [6.45, 7) is 3.95. The molecule has 0 aliphatic heterocycles. The quantitative estimate of drug-likeness (QED) is 0.552. The summed E-state index contributed by atoms with van der Waals surface area (Å²) in [6, 6.07) is 11.4. The molecule has 4 aromatic heterocycles. The number of nitrogens with zero attached hydrogens (tertiary/aromatic N) is 5. The van der Waals surface area contributed by atoms with Gasteiger partial charge in [0.2, 0.25) is 5.91 Å². The molecule has 30 heavy (non-hydrogen) atoms. The fraction of sp³-hybridized carbons (Fsp3) is 0.130. The molecule has 0 bridgehead atoms. The molecule has 0 atom stereocenters. The molecular weight excluding hydrogens is 376 g/mol. The number of aromatic nitrogens is 5. The van der Waals surface area contributed by atoms with Crippen molar-refractivity contribution in [3.05, 3.63) is 84.2 Å². The Morgan fingerprint density at radius 1 is 0.867 bits per heavy atom. The van der Waals surface area contributed by atoms with Crippen molar-refractivity contribution in [2.24, 2.45) is 0 Å². The number of aryl methyl sites for hydroxylation is 2. The Kier molecular flexibility index (Phi) is 5.52. The Morgan fingerprint density at radius 2 is 1.73 bits per heavy atom. The molecule has 7 nitrogen and oxygen atoms in total. The van der Waals surface area contributed by atoms with Crippen LogP contribution < -0.4 is 5.32 Å². The highest BCUT2D eigenvalue weighted by molar-refractivity contribution is 5.92. The summed E-state index contributed by atoms with van der Waals surface area (Å²) in [5.74, 6) is -0.121. The molecule has 4 aromatic rings. The van der Waals surface area contributed by atoms with Crippen molar-refractivity contribution in [1.82, 2.24) is 25.1 Å². The van der Waals surface area contributed by atoms with E-state index < -0.39 is 0 Å². The van der Waals surface area contributed by atoms with Gasteiger partial charge in [0.15, 0.2) is 0 Å². The third-order valence-electron chi connectivity index (χ3n) is 4.60. The normalized spacial score (nSPS) is 10.6. The largest absolute Gasteiger partial charge is 0.324 e. The Balaban J connectivity index is 1.42. The maximum atomic E-state index is 12.5. The fourth-order valence-corrected chi connectivity index (χ4v) is 3.20. The van der Waals surface area contributed by atoms with Crippen LogP contribution in [0.25, 0.3) is 22.5 Å². The highest BCUT2D eigenvalue weighted by Gasteiger charge is 2.09. The number of hydrogen-bond donors (Lipinski definition) is 1. The van der Waals surface area contributed by atoms with E-state index in [2.05, 4.69) is 30.5 Å². The summed E-state index contributed by atoms with van der Waals surface area (Å²) in [6.07, 6.45) is 8.65. The lowest BCUT2D eigenvalue weighted by atomic mass is 10.0. The van der Waals surface area contributed by atoms with Gasteiger partial charge < -0.3 is 5.32 Å². The van der Waals surface area contributed by atoms with E-state index in [0.717, 1.165) is 39.3 Å². The Hall–Kier alpha value is -4.00. The fourth-order valence-electron chi connectivity index (χ4n) is 3.20. The monoisotopic (exact) mass is 396 g/mol. The van der Waals surface area contributed by atoms with Gasteiger partial charge in [-0.05, 0) is 55.3 Å². The third-order valence-corrected chi connectivity index (χ3v) is 4.60. The first-order valence-electron chi connectivity index (χ1n) is 9.50. The summed E-state index contributed by atoms with van der Waals surface area (Å²) >= 11 is 0. The maximum absolute atomic E-state index is 12.5. The van der Waals surface area contributed by atoms with E-state index in [1.807, 2.05) is 50.2 Å². The minimum Gasteiger partial charge on any atom is -0.324 e. The van der Waals surface area contributed by atoms with Crippen LogP contribution in [0.3, 0.4) is 0 Å². The average molecular weight is 396 g/mol. The predicted molar refractivity (Wildman–Crippen MR) is 115 cm³/mol. The standard InChI is InChI=1S/C23H20N6O/c1-15-9-17(12-26-23(15)18-5-7-24-16(2)10-18)11-22(30)29-20-3-4-21(25-14-20)19-6-8-27-28-13-19/h3-10,12-14H,11H2,1-2H3,(H,29,30). The van der Waals surface area contributed by atoms with Gasteiger partial charge in [0.05, 0.1) is 42.1 Å². The van der Waals surface area contributed by atoms with Crippen molar-refractivity contribution >= 4 is 11.6 Å². The van der Waals surface area contributed by atoms with Gasteiger partial charge >= 0.3 is 0 Å². The van der Waals surface area contributed by atoms with Crippen LogP contribution in [0.4, 0.5) is 5.69 Å². The van der Waals surface area contributed by atoms with Crippen molar-refractivity contribution in [2.75, 3.05) is 5.32 Å². The number of carbonyl (C=O) groups is 1. The van der Waals surface area contributed by atoms with E-state index in [0.29, 0.717) is 5.69 Å². The van der Waals surface area contributed by atoms with Crippen LogP contribution in [0.15, 0.2) is 67.4 Å². The van der Waals surface area contributed by atoms with E-state index in [-0.39, 0.29) is 12.3 Å². The molecule has 0 saturated carbocycles. The van der Waals surface area contributed by atoms with Crippen LogP contribution in [0, 0.1) is 13.8 Å². The number of rotatable bonds is 5. The second-order valence-corrected chi connectivity index (χ2v) is 6.98. The highest BCUT2D eigenvalue weighted by atomic mass is 16.1. The molecule has 0 spiro atoms. The van der Waals surface area contributed by atoms with Crippen molar-refractivity contribution in [1.29, 1.82) is 0 Å². The van der Waals surface area contributed by atoms with E-state index in [1.54, 1.807) is 31.0 Å². The van der Waals surface area contributed by atoms with Gasteiger partial charge in [-0.25, -0.2) is 0 Å². The minimum absolute atomic E-state index is 0.121. The van der Waals surface area contributed by atoms with Gasteiger partial charge in [0, 0.05) is 29.2 Å². The first-order chi connectivity index (χ1) is 14.6. The summed E-state index contributed by atoms with van der Waals surface area (Å²) in [7, 11) is 0. The van der Waals surface area contributed by atoms with Crippen molar-refractivity contribution in [3.8, 4) is 22.5 Å². The average Bonchev–Trinajstić information content (AvgIpc) is 2.75. The molecular formula is C23H20N6O. The molecule has 0 aliphatic rings. The smallest absolute Gasteiger partial charge is 0.228 e. The number of hydrogen-bond acceptors (Lipinski definition) is 6. The van der Waals surface area contributed by atoms with Crippen LogP contribution in [0.1, 0.15) is 16.8 Å². The molecule has 0 aromatic carbocycles. The molecule has 4 heterocycles. The van der Waals surface area contributed by atoms with Crippen LogP contribution in [0.2, 0.25) is 0 Å². The van der Waals surface area contributed by atoms with Gasteiger partial charge in [0.1, 0.15) is 0 Å². The second-order valence-electron chi connectivity index (χ2n) is 6.98. The van der Waals surface area contributed by atoms with Gasteiger partial charge in [-0.2, -0.15) is 10.2 Å². The van der Waals surface area contributed by atoms with Gasteiger partial charge in [-0.1, -0.05) is 6.07 Å². The van der Waals surface area contributed by atoms with Gasteiger partial charge in [0.25, 0.3) is 0 Å². The van der Waals surface area contributed by atoms with Gasteiger partial charge in [-0.15, -0.1) is 0 Å². The van der Waals surface area contributed by atoms with E-state index in [9.17, 15) is 4.79 Å². The molecule has 1 N–H and O–H groups in total. The lowest BCUT2D eigenvalue weighted by molar-refractivity contribution is -0.115. The first-order valence-corrected chi connectivity index (χ1v) is 9.50. The molecule has 1 amide bonds. The summed E-state index contributed by atoms with van der Waals surface area (Å²) in [5.41, 5.74) is 7.01. The van der Waals surface area contributed by atoms with E-state index >= 15 is 0 Å². The first kappa shape index (κ1) is 19.3. The molecule has 148 valence electrons. The Labute approximate surface area is 174 Å². The number of amides is 1. The summed E-state index contributed by atoms with van der Waals surface area (Å²) in [5, 5.41) is 10.5. The zero-order valence-electron chi connectivity index (χ0n) is 16.7. The molecule has 0 fully saturated rings. The molecule has 7 heteroatoms. The number of pyridine rings is 3. The van der Waals surface area contributed by atoms with Crippen LogP contribution >= 0.6 is 0 Å². The van der Waals surface area contributed by atoms with Crippen molar-refractivity contribution < 1.29 is 4.79 Å². The zero-order valence-corrected chi connectivity index (χ0v) is 16.7. The highest BCUT2D eigenvalue weighted by Crippen LogP contribution is 2.22. The second kappa shape index (κ2) is 8.57. The van der Waals surface area contributed by atoms with Crippen molar-refractivity contribution in [2.45, 2.75) is 20.3 Å². The number of nitrogens with one attached hydrogen (secondary N) is 1. The Morgan fingerprint density at radius 3 is 2.43 bits per heavy atom. The minimum atomic E-state index is -0.121. The van der Waals surface area contributed by atoms with Crippen LogP contribution in [-0.2, 0) is 11.2 Å². The van der Waals surface area contributed by atoms with Crippen molar-refractivity contribution in [3.63, 3.8) is 0 Å². The van der Waals surface area contributed by atoms with E-state index in [4.69, 9.17) is 0 Å². The molecule has 4 rings (SSSR count). The maximum Gasteiger partial charge on any atom is 0.228 e. The zero-order chi connectivity index (χ0) is 20.9. The van der Waals surface area contributed by atoms with Gasteiger partial charge in [-0.3, -0.25) is 19.7 Å². The van der Waals surface area contributed by atoms with Crippen LogP contribution in [-0.4, -0.2) is 31.1 Å². The molecule has 0 unspecified atom stereocenters. The Bertz CT molecular complexity index is 1180. The lowest BCUT2D eigenvalue weighted by Gasteiger charge is -2.09. The summed E-state index contributed by atoms with van der Waals surface area (Å²) < 4.78 is 0. The number of anilines is 1. The molecule has 0 radical (unpaired) electrons. The SMILES string of the molecule is Cc1cc(-c2ncc(CC(=O)Nc3ccc(-c4ccnnc4)nc3)cc2C)ccn1.